The van der Waals surface area contributed by atoms with E-state index in [0.29, 0.717) is 21.9 Å². The van der Waals surface area contributed by atoms with Gasteiger partial charge in [-0.2, -0.15) is 0 Å². The maximum absolute atomic E-state index is 12.8. The maximum Gasteiger partial charge on any atom is 0.233 e. The van der Waals surface area contributed by atoms with Crippen LogP contribution >= 0.6 is 0 Å². The van der Waals surface area contributed by atoms with Gasteiger partial charge in [0.1, 0.15) is 5.75 Å². The van der Waals surface area contributed by atoms with Gasteiger partial charge in [0, 0.05) is 11.6 Å². The largest absolute Gasteiger partial charge is 0.497 e. The number of methoxy groups -OCH3 is 1. The Morgan fingerprint density at radius 3 is 2.57 bits per heavy atom. The number of pyridine rings is 1. The standard InChI is InChI=1S/C20H20N2O5S/c1-27-18-8-6-16(7-9-18)20(22(24)14-23)13-28(25,26)12-15-10-17-4-2-3-5-19(17)21-11-15/h2-11,14,20,24H,12-13H2,1H3. The van der Waals surface area contributed by atoms with Crippen molar-refractivity contribution in [3.8, 4) is 5.75 Å². The number of fused-ring (bicyclic) bond motifs is 1. The van der Waals surface area contributed by atoms with Crippen LogP contribution in [0.15, 0.2) is 60.8 Å². The van der Waals surface area contributed by atoms with E-state index in [4.69, 9.17) is 4.74 Å². The third-order valence-electron chi connectivity index (χ3n) is 4.37. The quantitative estimate of drug-likeness (QED) is 0.355. The van der Waals surface area contributed by atoms with Crippen molar-refractivity contribution in [2.75, 3.05) is 12.9 Å². The number of rotatable bonds is 8. The van der Waals surface area contributed by atoms with Crippen molar-refractivity contribution in [2.45, 2.75) is 11.8 Å². The lowest BCUT2D eigenvalue weighted by Gasteiger charge is -2.23. The molecule has 28 heavy (non-hydrogen) atoms. The fourth-order valence-corrected chi connectivity index (χ4v) is 4.58. The molecule has 0 bridgehead atoms. The van der Waals surface area contributed by atoms with Crippen molar-refractivity contribution >= 4 is 27.2 Å². The molecule has 0 saturated carbocycles. The molecule has 1 amide bonds. The molecule has 1 N–H and O–H groups in total. The predicted octanol–water partition coefficient (Wildman–Crippen LogP) is 2.75. The van der Waals surface area contributed by atoms with Gasteiger partial charge < -0.3 is 4.74 Å². The van der Waals surface area contributed by atoms with Crippen molar-refractivity contribution < 1.29 is 23.2 Å². The number of carbonyl (C=O) groups is 1. The summed E-state index contributed by atoms with van der Waals surface area (Å²) in [6.45, 7) is 0. The summed E-state index contributed by atoms with van der Waals surface area (Å²) in [5.41, 5.74) is 1.81. The van der Waals surface area contributed by atoms with Crippen LogP contribution in [0, 0.1) is 0 Å². The molecule has 0 radical (unpaired) electrons. The van der Waals surface area contributed by atoms with Gasteiger partial charge in [-0.05, 0) is 35.4 Å². The summed E-state index contributed by atoms with van der Waals surface area (Å²) in [7, 11) is -2.14. The van der Waals surface area contributed by atoms with Crippen molar-refractivity contribution in [3.05, 3.63) is 71.9 Å². The van der Waals surface area contributed by atoms with Gasteiger partial charge in [-0.1, -0.05) is 30.3 Å². The van der Waals surface area contributed by atoms with Crippen LogP contribution in [0.1, 0.15) is 17.2 Å². The Morgan fingerprint density at radius 1 is 1.18 bits per heavy atom. The second-order valence-corrected chi connectivity index (χ2v) is 8.47. The van der Waals surface area contributed by atoms with Gasteiger partial charge in [-0.3, -0.25) is 15.0 Å². The molecule has 0 spiro atoms. The zero-order valence-corrected chi connectivity index (χ0v) is 16.0. The highest BCUT2D eigenvalue weighted by atomic mass is 32.2. The van der Waals surface area contributed by atoms with Crippen molar-refractivity contribution in [3.63, 3.8) is 0 Å². The fraction of sp³-hybridized carbons (Fsp3) is 0.200. The normalized spacial score (nSPS) is 12.5. The monoisotopic (exact) mass is 400 g/mol. The second-order valence-electron chi connectivity index (χ2n) is 6.37. The van der Waals surface area contributed by atoms with Gasteiger partial charge in [-0.15, -0.1) is 0 Å². The van der Waals surface area contributed by atoms with Gasteiger partial charge in [0.15, 0.2) is 9.84 Å². The molecule has 0 aliphatic carbocycles. The Bertz CT molecular complexity index is 1070. The van der Waals surface area contributed by atoms with E-state index in [1.54, 1.807) is 30.3 Å². The number of ether oxygens (including phenoxy) is 1. The molecule has 0 aliphatic heterocycles. The minimum atomic E-state index is -3.65. The van der Waals surface area contributed by atoms with Crippen LogP contribution in [-0.2, 0) is 20.4 Å². The average molecular weight is 400 g/mol. The molecule has 3 rings (SSSR count). The zero-order valence-electron chi connectivity index (χ0n) is 15.2. The highest BCUT2D eigenvalue weighted by Gasteiger charge is 2.26. The molecule has 1 heterocycles. The third-order valence-corrected chi connectivity index (χ3v) is 5.97. The van der Waals surface area contributed by atoms with Crippen LogP contribution in [0.3, 0.4) is 0 Å². The zero-order chi connectivity index (χ0) is 20.1. The molecule has 0 saturated heterocycles. The fourth-order valence-electron chi connectivity index (χ4n) is 2.97. The van der Waals surface area contributed by atoms with E-state index in [-0.39, 0.29) is 12.2 Å². The first-order valence-corrected chi connectivity index (χ1v) is 10.3. The number of sulfone groups is 1. The van der Waals surface area contributed by atoms with Crippen LogP contribution in [0.5, 0.6) is 5.75 Å². The van der Waals surface area contributed by atoms with Crippen molar-refractivity contribution in [1.82, 2.24) is 10.0 Å². The Morgan fingerprint density at radius 2 is 1.89 bits per heavy atom. The molecule has 1 atom stereocenters. The molecule has 8 heteroatoms. The summed E-state index contributed by atoms with van der Waals surface area (Å²) in [6, 6.07) is 14.7. The molecule has 7 nitrogen and oxygen atoms in total. The topological polar surface area (TPSA) is 96.8 Å². The van der Waals surface area contributed by atoms with Crippen LogP contribution in [0.4, 0.5) is 0 Å². The van der Waals surface area contributed by atoms with Crippen LogP contribution in [-0.4, -0.2) is 42.9 Å². The lowest BCUT2D eigenvalue weighted by atomic mass is 10.1. The summed E-state index contributed by atoms with van der Waals surface area (Å²) in [5, 5.41) is 11.1. The number of hydrogen-bond donors (Lipinski definition) is 1. The van der Waals surface area contributed by atoms with Gasteiger partial charge in [0.05, 0.1) is 30.2 Å². The van der Waals surface area contributed by atoms with E-state index in [2.05, 4.69) is 4.98 Å². The summed E-state index contributed by atoms with van der Waals surface area (Å²) < 4.78 is 30.6. The number of amides is 1. The second kappa shape index (κ2) is 8.37. The molecule has 0 aliphatic rings. The van der Waals surface area contributed by atoms with Crippen LogP contribution < -0.4 is 4.74 Å². The summed E-state index contributed by atoms with van der Waals surface area (Å²) in [5.74, 6) is -0.0887. The Labute approximate surface area is 163 Å². The molecular weight excluding hydrogens is 380 g/mol. The van der Waals surface area contributed by atoms with Gasteiger partial charge in [-0.25, -0.2) is 13.5 Å². The number of hydrogen-bond acceptors (Lipinski definition) is 6. The number of benzene rings is 2. The molecular formula is C20H20N2O5S. The van der Waals surface area contributed by atoms with Gasteiger partial charge in [0.25, 0.3) is 0 Å². The van der Waals surface area contributed by atoms with E-state index < -0.39 is 21.6 Å². The SMILES string of the molecule is COc1ccc(C(CS(=O)(=O)Cc2cnc3ccccc3c2)N(O)C=O)cc1. The Kier molecular flexibility index (Phi) is 5.91. The lowest BCUT2D eigenvalue weighted by molar-refractivity contribution is -0.158. The molecule has 1 aromatic heterocycles. The number of para-hydroxylation sites is 1. The first-order valence-electron chi connectivity index (χ1n) is 8.52. The van der Waals surface area contributed by atoms with E-state index >= 15 is 0 Å². The number of hydroxylamine groups is 2. The van der Waals surface area contributed by atoms with E-state index in [1.807, 2.05) is 24.3 Å². The Hall–Kier alpha value is -2.97. The molecule has 0 fully saturated rings. The van der Waals surface area contributed by atoms with Gasteiger partial charge >= 0.3 is 0 Å². The third kappa shape index (κ3) is 4.65. The first kappa shape index (κ1) is 19.8. The lowest BCUT2D eigenvalue weighted by Crippen LogP contribution is -2.30. The molecule has 2 aromatic carbocycles. The average Bonchev–Trinajstić information content (AvgIpc) is 2.71. The van der Waals surface area contributed by atoms with Crippen LogP contribution in [0.25, 0.3) is 10.9 Å². The highest BCUT2D eigenvalue weighted by Crippen LogP contribution is 2.24. The minimum absolute atomic E-state index is 0.196. The predicted molar refractivity (Wildman–Crippen MR) is 105 cm³/mol. The molecule has 3 aromatic rings. The van der Waals surface area contributed by atoms with E-state index in [1.165, 1.54) is 13.3 Å². The van der Waals surface area contributed by atoms with Crippen molar-refractivity contribution in [1.29, 1.82) is 0 Å². The molecule has 1 unspecified atom stereocenters. The van der Waals surface area contributed by atoms with Crippen LogP contribution in [0.2, 0.25) is 0 Å². The number of carbonyl (C=O) groups excluding carboxylic acids is 1. The highest BCUT2D eigenvalue weighted by molar-refractivity contribution is 7.90. The first-order chi connectivity index (χ1) is 13.4. The smallest absolute Gasteiger partial charge is 0.233 e. The van der Waals surface area contributed by atoms with Crippen molar-refractivity contribution in [2.24, 2.45) is 0 Å². The summed E-state index contributed by atoms with van der Waals surface area (Å²) in [4.78, 5) is 15.4. The van der Waals surface area contributed by atoms with Gasteiger partial charge in [0.2, 0.25) is 6.41 Å². The Balaban J connectivity index is 1.84. The number of aromatic nitrogens is 1. The maximum atomic E-state index is 12.8. The van der Waals surface area contributed by atoms with E-state index in [0.717, 1.165) is 10.9 Å². The minimum Gasteiger partial charge on any atom is -0.497 e. The van der Waals surface area contributed by atoms with E-state index in [9.17, 15) is 18.4 Å². The summed E-state index contributed by atoms with van der Waals surface area (Å²) >= 11 is 0. The molecule has 146 valence electrons. The summed E-state index contributed by atoms with van der Waals surface area (Å²) in [6.07, 6.45) is 1.72. The number of nitrogens with zero attached hydrogens (tertiary/aromatic N) is 2.